The number of unbranched alkanes of at least 4 members (excludes halogenated alkanes) is 1. The molecule has 0 aliphatic heterocycles. The van der Waals surface area contributed by atoms with Crippen molar-refractivity contribution in [2.75, 3.05) is 54.2 Å². The highest BCUT2D eigenvalue weighted by Gasteiger charge is 2.26. The summed E-state index contributed by atoms with van der Waals surface area (Å²) in [6.45, 7) is 18.2. The van der Waals surface area contributed by atoms with Crippen LogP contribution >= 0.6 is 0 Å². The minimum absolute atomic E-state index is 0.0344. The van der Waals surface area contributed by atoms with Gasteiger partial charge in [-0.25, -0.2) is 0 Å². The van der Waals surface area contributed by atoms with Crippen LogP contribution < -0.4 is 0 Å². The van der Waals surface area contributed by atoms with Gasteiger partial charge in [-0.2, -0.15) is 0 Å². The van der Waals surface area contributed by atoms with E-state index in [1.807, 2.05) is 67.5 Å². The molecule has 0 amide bonds. The summed E-state index contributed by atoms with van der Waals surface area (Å²) in [5.74, 6) is -0.193. The summed E-state index contributed by atoms with van der Waals surface area (Å²) in [6, 6.07) is 0. The Labute approximate surface area is 215 Å². The quantitative estimate of drug-likeness (QED) is 0.172. The number of likely N-dealkylation sites (N-methyl/N-ethyl adjacent to an activating group) is 1. The molecule has 8 heteroatoms. The summed E-state index contributed by atoms with van der Waals surface area (Å²) in [7, 11) is 5.49. The van der Waals surface area contributed by atoms with Gasteiger partial charge in [0, 0.05) is 13.7 Å². The number of methoxy groups -OCH3 is 1. The van der Waals surface area contributed by atoms with E-state index in [9.17, 15) is 14.4 Å². The molecule has 0 rings (SSSR count). The van der Waals surface area contributed by atoms with Crippen molar-refractivity contribution in [2.45, 2.75) is 87.5 Å². The lowest BCUT2D eigenvalue weighted by molar-refractivity contribution is -0.155. The lowest BCUT2D eigenvalue weighted by Crippen LogP contribution is -2.26. The first-order chi connectivity index (χ1) is 16.3. The zero-order valence-corrected chi connectivity index (χ0v) is 24.5. The summed E-state index contributed by atoms with van der Waals surface area (Å²) < 4.78 is 19.8. The first-order valence-electron chi connectivity index (χ1n) is 13.0. The van der Waals surface area contributed by atoms with Gasteiger partial charge in [-0.05, 0) is 53.6 Å². The van der Waals surface area contributed by atoms with E-state index in [2.05, 4.69) is 6.92 Å². The van der Waals surface area contributed by atoms with E-state index < -0.39 is 0 Å². The number of hydrogen-bond donors (Lipinski definition) is 0. The molecule has 0 spiro atoms. The summed E-state index contributed by atoms with van der Waals surface area (Å²) in [5.41, 5.74) is -0.367. The van der Waals surface area contributed by atoms with Crippen LogP contribution in [0.3, 0.4) is 0 Å². The highest BCUT2D eigenvalue weighted by atomic mass is 16.6. The molecule has 0 aromatic carbocycles. The van der Waals surface area contributed by atoms with Crippen molar-refractivity contribution < 1.29 is 33.3 Å². The van der Waals surface area contributed by atoms with Crippen molar-refractivity contribution in [3.8, 4) is 0 Å². The topological polar surface area (TPSA) is 91.4 Å². The van der Waals surface area contributed by atoms with Gasteiger partial charge in [-0.15, -0.1) is 0 Å². The van der Waals surface area contributed by atoms with Crippen LogP contribution in [-0.4, -0.2) is 77.0 Å². The van der Waals surface area contributed by atoms with Gasteiger partial charge in [0.2, 0.25) is 0 Å². The fourth-order valence-electron chi connectivity index (χ4n) is 1.82. The number of rotatable bonds is 15. The zero-order valence-electron chi connectivity index (χ0n) is 24.5. The molecule has 8 nitrogen and oxygen atoms in total. The lowest BCUT2D eigenvalue weighted by Gasteiger charge is -2.19. The highest BCUT2D eigenvalue weighted by molar-refractivity contribution is 5.75. The molecule has 0 fully saturated rings. The van der Waals surface area contributed by atoms with Crippen LogP contribution in [0, 0.1) is 17.3 Å². The number of carbonyl (C=O) groups is 3. The van der Waals surface area contributed by atoms with Gasteiger partial charge in [0.1, 0.15) is 13.2 Å². The molecule has 0 saturated heterocycles. The number of hydrogen-bond acceptors (Lipinski definition) is 8. The van der Waals surface area contributed by atoms with Gasteiger partial charge in [0.25, 0.3) is 0 Å². The third kappa shape index (κ3) is 23.8. The minimum atomic E-state index is -0.367. The van der Waals surface area contributed by atoms with E-state index in [0.29, 0.717) is 26.4 Å². The van der Waals surface area contributed by atoms with E-state index in [1.54, 1.807) is 7.11 Å². The van der Waals surface area contributed by atoms with Gasteiger partial charge >= 0.3 is 17.9 Å². The van der Waals surface area contributed by atoms with Crippen LogP contribution in [0.5, 0.6) is 0 Å². The predicted octanol–water partition coefficient (Wildman–Crippen LogP) is 5.13. The van der Waals surface area contributed by atoms with E-state index in [0.717, 1.165) is 38.6 Å². The smallest absolute Gasteiger partial charge is 0.311 e. The molecule has 2 atom stereocenters. The molecule has 35 heavy (non-hydrogen) atoms. The molecule has 0 aliphatic rings. The number of esters is 3. The Bertz CT molecular complexity index is 536. The molecule has 0 saturated carbocycles. The monoisotopic (exact) mass is 505 g/mol. The number of carbonyl (C=O) groups excluding carboxylic acids is 3. The Kier molecular flexibility index (Phi) is 26.0. The minimum Gasteiger partial charge on any atom is -0.465 e. The Morgan fingerprint density at radius 2 is 1.26 bits per heavy atom. The first kappa shape index (κ1) is 37.9. The fraction of sp³-hybridized carbons (Fsp3) is 0.889. The van der Waals surface area contributed by atoms with Gasteiger partial charge < -0.3 is 23.8 Å². The van der Waals surface area contributed by atoms with Crippen LogP contribution in [0.15, 0.2) is 0 Å². The third-order valence-electron chi connectivity index (χ3n) is 5.51. The number of ether oxygens (including phenoxy) is 4. The fourth-order valence-corrected chi connectivity index (χ4v) is 1.82. The van der Waals surface area contributed by atoms with Gasteiger partial charge in [0.05, 0.1) is 30.5 Å². The summed E-state index contributed by atoms with van der Waals surface area (Å²) >= 11 is 0. The maximum Gasteiger partial charge on any atom is 0.311 e. The lowest BCUT2D eigenvalue weighted by atomic mass is 9.91. The van der Waals surface area contributed by atoms with Gasteiger partial charge in [0.15, 0.2) is 0 Å². The number of nitrogens with zero attached hydrogens (tertiary/aromatic N) is 1. The zero-order chi connectivity index (χ0) is 27.9. The second-order valence-electron chi connectivity index (χ2n) is 9.48. The molecule has 0 aromatic rings. The average Bonchev–Trinajstić information content (AvgIpc) is 2.83. The Morgan fingerprint density at radius 3 is 1.63 bits per heavy atom. The summed E-state index contributed by atoms with van der Waals surface area (Å²) in [5, 5.41) is 0. The molecule has 0 radical (unpaired) electrons. The van der Waals surface area contributed by atoms with Crippen molar-refractivity contribution in [3.05, 3.63) is 0 Å². The second kappa shape index (κ2) is 24.0. The molecule has 2 unspecified atom stereocenters. The molecular formula is C27H55NO7. The molecule has 210 valence electrons. The molecule has 0 aliphatic carbocycles. The maximum atomic E-state index is 11.3. The van der Waals surface area contributed by atoms with E-state index in [-0.39, 0.29) is 35.2 Å². The SMILES string of the molecule is CCC(C)(C)C(=O)OCCOC.CCC(C)C(=O)OCCN(C)C.CCCCOC(=O)C(C)CC. The van der Waals surface area contributed by atoms with Gasteiger partial charge in [-0.1, -0.05) is 48.0 Å². The summed E-state index contributed by atoms with van der Waals surface area (Å²) in [4.78, 5) is 35.4. The third-order valence-corrected chi connectivity index (χ3v) is 5.51. The predicted molar refractivity (Wildman–Crippen MR) is 141 cm³/mol. The van der Waals surface area contributed by atoms with E-state index >= 15 is 0 Å². The van der Waals surface area contributed by atoms with Crippen LogP contribution in [0.4, 0.5) is 0 Å². The van der Waals surface area contributed by atoms with Crippen molar-refractivity contribution >= 4 is 17.9 Å². The van der Waals surface area contributed by atoms with Crippen molar-refractivity contribution in [1.82, 2.24) is 4.90 Å². The van der Waals surface area contributed by atoms with Crippen molar-refractivity contribution in [3.63, 3.8) is 0 Å². The highest BCUT2D eigenvalue weighted by Crippen LogP contribution is 2.21. The Balaban J connectivity index is -0.000000439. The maximum absolute atomic E-state index is 11.3. The van der Waals surface area contributed by atoms with Crippen LogP contribution in [-0.2, 0) is 33.3 Å². The molecule has 0 aromatic heterocycles. The largest absolute Gasteiger partial charge is 0.465 e. The van der Waals surface area contributed by atoms with E-state index in [4.69, 9.17) is 18.9 Å². The van der Waals surface area contributed by atoms with Crippen molar-refractivity contribution in [2.24, 2.45) is 17.3 Å². The van der Waals surface area contributed by atoms with E-state index in [1.165, 1.54) is 0 Å². The van der Waals surface area contributed by atoms with Crippen molar-refractivity contribution in [1.29, 1.82) is 0 Å². The molecule has 0 N–H and O–H groups in total. The second-order valence-corrected chi connectivity index (χ2v) is 9.48. The normalized spacial score (nSPS) is 12.3. The molecular weight excluding hydrogens is 450 g/mol. The Hall–Kier alpha value is -1.67. The van der Waals surface area contributed by atoms with Gasteiger partial charge in [-0.3, -0.25) is 14.4 Å². The standard InChI is InChI=1S/C9H19NO2.C9H18O3.C9H18O2/c1-5-8(2)9(11)12-7-6-10(3)4;1-5-9(2,3)8(10)12-7-6-11-4;1-4-6-7-11-9(10)8(3)5-2/h8H,5-7H2,1-4H3;5-7H2,1-4H3;8H,4-7H2,1-3H3. The summed E-state index contributed by atoms with van der Waals surface area (Å²) in [6.07, 6.45) is 4.56. The van der Waals surface area contributed by atoms with Crippen LogP contribution in [0.2, 0.25) is 0 Å². The first-order valence-corrected chi connectivity index (χ1v) is 13.0. The van der Waals surface area contributed by atoms with Crippen LogP contribution in [0.25, 0.3) is 0 Å². The average molecular weight is 506 g/mol. The molecule has 0 heterocycles. The Morgan fingerprint density at radius 1 is 0.771 bits per heavy atom. The molecule has 0 bridgehead atoms. The van der Waals surface area contributed by atoms with Crippen LogP contribution in [0.1, 0.15) is 87.5 Å².